The van der Waals surface area contributed by atoms with E-state index in [1.54, 1.807) is 4.68 Å². The fourth-order valence-corrected chi connectivity index (χ4v) is 1.50. The van der Waals surface area contributed by atoms with E-state index in [0.29, 0.717) is 13.0 Å². The van der Waals surface area contributed by atoms with Gasteiger partial charge in [-0.2, -0.15) is 5.26 Å². The van der Waals surface area contributed by atoms with Gasteiger partial charge in [0.05, 0.1) is 19.0 Å². The fourth-order valence-electron chi connectivity index (χ4n) is 1.50. The first-order valence-electron chi connectivity index (χ1n) is 5.33. The Labute approximate surface area is 99.7 Å². The maximum atomic E-state index is 8.56. The van der Waals surface area contributed by atoms with Gasteiger partial charge in [-0.1, -0.05) is 17.3 Å². The highest BCUT2D eigenvalue weighted by Gasteiger charge is 1.98. The minimum atomic E-state index is 0.449. The molecule has 0 amide bonds. The second-order valence-corrected chi connectivity index (χ2v) is 3.77. The van der Waals surface area contributed by atoms with Crippen LogP contribution in [0.3, 0.4) is 0 Å². The van der Waals surface area contributed by atoms with Crippen LogP contribution in [0.4, 0.5) is 5.69 Å². The van der Waals surface area contributed by atoms with E-state index in [-0.39, 0.29) is 0 Å². The van der Waals surface area contributed by atoms with Crippen LogP contribution >= 0.6 is 0 Å². The van der Waals surface area contributed by atoms with Crippen molar-refractivity contribution in [3.05, 3.63) is 41.7 Å². The molecule has 0 aliphatic heterocycles. The Kier molecular flexibility index (Phi) is 3.36. The molecule has 5 heteroatoms. The number of nitriles is 1. The van der Waals surface area contributed by atoms with E-state index in [1.807, 2.05) is 37.5 Å². The third kappa shape index (κ3) is 3.05. The average molecular weight is 227 g/mol. The second-order valence-electron chi connectivity index (χ2n) is 3.77. The van der Waals surface area contributed by atoms with E-state index in [4.69, 9.17) is 5.26 Å². The van der Waals surface area contributed by atoms with Crippen molar-refractivity contribution in [2.24, 2.45) is 7.05 Å². The Bertz CT molecular complexity index is 521. The molecule has 2 rings (SSSR count). The van der Waals surface area contributed by atoms with Crippen molar-refractivity contribution in [3.63, 3.8) is 0 Å². The Balaban J connectivity index is 1.93. The van der Waals surface area contributed by atoms with E-state index >= 15 is 0 Å². The topological polar surface area (TPSA) is 66.5 Å². The van der Waals surface area contributed by atoms with Crippen LogP contribution in [0.1, 0.15) is 11.3 Å². The summed E-state index contributed by atoms with van der Waals surface area (Å²) in [7, 11) is 1.84. The van der Waals surface area contributed by atoms with Crippen molar-refractivity contribution >= 4 is 5.69 Å². The molecule has 0 aliphatic rings. The number of nitrogens with one attached hydrogen (secondary N) is 1. The van der Waals surface area contributed by atoms with Crippen LogP contribution in [0.25, 0.3) is 0 Å². The SMILES string of the molecule is Cn1cc(CNc2ccc(CC#N)cc2)nn1. The van der Waals surface area contributed by atoms with Crippen LogP contribution < -0.4 is 5.32 Å². The quantitative estimate of drug-likeness (QED) is 0.859. The van der Waals surface area contributed by atoms with E-state index in [9.17, 15) is 0 Å². The molecule has 1 N–H and O–H groups in total. The van der Waals surface area contributed by atoms with Gasteiger partial charge in [0.25, 0.3) is 0 Å². The third-order valence-electron chi connectivity index (χ3n) is 2.36. The molecule has 17 heavy (non-hydrogen) atoms. The van der Waals surface area contributed by atoms with E-state index < -0.39 is 0 Å². The Morgan fingerprint density at radius 3 is 2.71 bits per heavy atom. The van der Waals surface area contributed by atoms with Gasteiger partial charge in [-0.15, -0.1) is 5.10 Å². The Hall–Kier alpha value is -2.35. The second kappa shape index (κ2) is 5.12. The summed E-state index contributed by atoms with van der Waals surface area (Å²) in [5, 5.41) is 19.6. The molecule has 0 unspecified atom stereocenters. The van der Waals surface area contributed by atoms with Crippen LogP contribution in [0, 0.1) is 11.3 Å². The van der Waals surface area contributed by atoms with Gasteiger partial charge < -0.3 is 5.32 Å². The van der Waals surface area contributed by atoms with Gasteiger partial charge in [0.15, 0.2) is 0 Å². The molecule has 0 saturated carbocycles. The lowest BCUT2D eigenvalue weighted by Gasteiger charge is -2.04. The maximum Gasteiger partial charge on any atom is 0.102 e. The minimum absolute atomic E-state index is 0.449. The largest absolute Gasteiger partial charge is 0.379 e. The molecule has 1 aromatic heterocycles. The highest BCUT2D eigenvalue weighted by Crippen LogP contribution is 2.10. The van der Waals surface area contributed by atoms with E-state index in [0.717, 1.165) is 16.9 Å². The average Bonchev–Trinajstić information content (AvgIpc) is 2.75. The first kappa shape index (κ1) is 11.1. The number of hydrogen-bond donors (Lipinski definition) is 1. The van der Waals surface area contributed by atoms with Crippen LogP contribution in [-0.2, 0) is 20.0 Å². The van der Waals surface area contributed by atoms with Crippen LogP contribution in [-0.4, -0.2) is 15.0 Å². The van der Waals surface area contributed by atoms with Gasteiger partial charge in [-0.25, -0.2) is 0 Å². The summed E-state index contributed by atoms with van der Waals surface area (Å²) in [5.41, 5.74) is 2.93. The molecule has 86 valence electrons. The van der Waals surface area contributed by atoms with Crippen molar-refractivity contribution < 1.29 is 0 Å². The normalized spacial score (nSPS) is 9.88. The zero-order chi connectivity index (χ0) is 12.1. The van der Waals surface area contributed by atoms with Gasteiger partial charge in [0.2, 0.25) is 0 Å². The van der Waals surface area contributed by atoms with Gasteiger partial charge in [-0.3, -0.25) is 4.68 Å². The van der Waals surface area contributed by atoms with Crippen molar-refractivity contribution in [2.45, 2.75) is 13.0 Å². The lowest BCUT2D eigenvalue weighted by atomic mass is 10.1. The van der Waals surface area contributed by atoms with Crippen molar-refractivity contribution in [3.8, 4) is 6.07 Å². The highest BCUT2D eigenvalue weighted by molar-refractivity contribution is 5.45. The molecule has 0 atom stereocenters. The van der Waals surface area contributed by atoms with E-state index in [2.05, 4.69) is 21.7 Å². The predicted molar refractivity (Wildman–Crippen MR) is 64.1 cm³/mol. The molecule has 1 heterocycles. The monoisotopic (exact) mass is 227 g/mol. The molecule has 2 aromatic rings. The smallest absolute Gasteiger partial charge is 0.102 e. The van der Waals surface area contributed by atoms with Crippen molar-refractivity contribution in [2.75, 3.05) is 5.32 Å². The number of aromatic nitrogens is 3. The molecule has 0 radical (unpaired) electrons. The van der Waals surface area contributed by atoms with Gasteiger partial charge in [0, 0.05) is 18.9 Å². The molecular weight excluding hydrogens is 214 g/mol. The molecule has 0 fully saturated rings. The lowest BCUT2D eigenvalue weighted by molar-refractivity contribution is 0.713. The summed E-state index contributed by atoms with van der Waals surface area (Å²) >= 11 is 0. The zero-order valence-corrected chi connectivity index (χ0v) is 9.59. The number of benzene rings is 1. The number of nitrogens with zero attached hydrogens (tertiary/aromatic N) is 4. The highest BCUT2D eigenvalue weighted by atomic mass is 15.4. The maximum absolute atomic E-state index is 8.56. The van der Waals surface area contributed by atoms with Crippen LogP contribution in [0.5, 0.6) is 0 Å². The number of aryl methyl sites for hydroxylation is 1. The Morgan fingerprint density at radius 2 is 2.12 bits per heavy atom. The summed E-state index contributed by atoms with van der Waals surface area (Å²) in [6.45, 7) is 0.644. The first-order chi connectivity index (χ1) is 8.28. The van der Waals surface area contributed by atoms with Crippen LogP contribution in [0.15, 0.2) is 30.5 Å². The standard InChI is InChI=1S/C12H13N5/c1-17-9-12(15-16-17)8-14-11-4-2-10(3-5-11)6-7-13/h2-5,9,14H,6,8H2,1H3. The summed E-state index contributed by atoms with van der Waals surface area (Å²) < 4.78 is 1.67. The van der Waals surface area contributed by atoms with Gasteiger partial charge >= 0.3 is 0 Å². The van der Waals surface area contributed by atoms with Crippen molar-refractivity contribution in [1.82, 2.24) is 15.0 Å². The summed E-state index contributed by atoms with van der Waals surface area (Å²) in [5.74, 6) is 0. The minimum Gasteiger partial charge on any atom is -0.379 e. The molecule has 0 aliphatic carbocycles. The molecule has 0 bridgehead atoms. The molecule has 0 saturated heterocycles. The van der Waals surface area contributed by atoms with Crippen LogP contribution in [0.2, 0.25) is 0 Å². The molecular formula is C12H13N5. The third-order valence-corrected chi connectivity index (χ3v) is 2.36. The summed E-state index contributed by atoms with van der Waals surface area (Å²) in [4.78, 5) is 0. The van der Waals surface area contributed by atoms with E-state index in [1.165, 1.54) is 0 Å². The van der Waals surface area contributed by atoms with Gasteiger partial charge in [0.1, 0.15) is 5.69 Å². The molecule has 1 aromatic carbocycles. The van der Waals surface area contributed by atoms with Gasteiger partial charge in [-0.05, 0) is 17.7 Å². The lowest BCUT2D eigenvalue weighted by Crippen LogP contribution is -1.99. The predicted octanol–water partition coefficient (Wildman–Crippen LogP) is 1.49. The number of anilines is 1. The summed E-state index contributed by atoms with van der Waals surface area (Å²) in [6.07, 6.45) is 2.32. The first-order valence-corrected chi connectivity index (χ1v) is 5.33. The molecule has 5 nitrogen and oxygen atoms in total. The van der Waals surface area contributed by atoms with Crippen molar-refractivity contribution in [1.29, 1.82) is 5.26 Å². The fraction of sp³-hybridized carbons (Fsp3) is 0.250. The number of rotatable bonds is 4. The molecule has 0 spiro atoms. The Morgan fingerprint density at radius 1 is 1.35 bits per heavy atom. The zero-order valence-electron chi connectivity index (χ0n) is 9.59. The number of hydrogen-bond acceptors (Lipinski definition) is 4. The summed E-state index contributed by atoms with van der Waals surface area (Å²) in [6, 6.07) is 9.94.